The van der Waals surface area contributed by atoms with Crippen LogP contribution in [0.1, 0.15) is 18.5 Å². The maximum absolute atomic E-state index is 13.4. The number of hydrogen-bond acceptors (Lipinski definition) is 7. The van der Waals surface area contributed by atoms with Crippen molar-refractivity contribution >= 4 is 44.5 Å². The maximum atomic E-state index is 13.4. The number of hydrogen-bond donors (Lipinski definition) is 5. The van der Waals surface area contributed by atoms with Crippen molar-refractivity contribution in [3.8, 4) is 11.4 Å². The van der Waals surface area contributed by atoms with Crippen molar-refractivity contribution < 1.29 is 8.42 Å². The molecule has 4 rings (SSSR count). The second-order valence-corrected chi connectivity index (χ2v) is 10.4. The third-order valence-electron chi connectivity index (χ3n) is 5.33. The average Bonchev–Trinajstić information content (AvgIpc) is 3.61. The topological polar surface area (TPSA) is 160 Å². The molecule has 7 N–H and O–H groups in total. The van der Waals surface area contributed by atoms with Gasteiger partial charge >= 0.3 is 0 Å². The molecule has 1 fully saturated rings. The number of benzene rings is 2. The molecule has 0 unspecified atom stereocenters. The average molecular weight is 482 g/mol. The standard InChI is InChI=1S/C22H23N7O2S2/c23-18(24)13-26-21(32)27-15-8-6-14(7-9-15)20-28-17(12-19(25)29-20)22(10-11-22)33(30,31)16-4-2-1-3-5-16/h1-9,12H,10-11,13H2,(H3,23,24)(H2,25,28,29)(H2,26,27,32). The van der Waals surface area contributed by atoms with Crippen molar-refractivity contribution in [1.29, 1.82) is 5.41 Å². The fraction of sp³-hybridized carbons (Fsp3) is 0.182. The van der Waals surface area contributed by atoms with E-state index in [2.05, 4.69) is 20.6 Å². The van der Waals surface area contributed by atoms with Gasteiger partial charge in [0.2, 0.25) is 0 Å². The lowest BCUT2D eigenvalue weighted by Crippen LogP contribution is -2.35. The van der Waals surface area contributed by atoms with Gasteiger partial charge in [0.25, 0.3) is 0 Å². The van der Waals surface area contributed by atoms with Crippen molar-refractivity contribution in [1.82, 2.24) is 15.3 Å². The summed E-state index contributed by atoms with van der Waals surface area (Å²) in [6.07, 6.45) is 0.960. The lowest BCUT2D eigenvalue weighted by atomic mass is 10.1. The quantitative estimate of drug-likeness (QED) is 0.194. The second kappa shape index (κ2) is 8.75. The molecular formula is C22H23N7O2S2. The molecule has 1 aromatic heterocycles. The van der Waals surface area contributed by atoms with Crippen molar-refractivity contribution in [2.24, 2.45) is 5.73 Å². The zero-order chi connectivity index (χ0) is 23.6. The van der Waals surface area contributed by atoms with Gasteiger partial charge in [-0.25, -0.2) is 18.4 Å². The van der Waals surface area contributed by atoms with Crippen LogP contribution in [0.25, 0.3) is 11.4 Å². The van der Waals surface area contributed by atoms with Gasteiger partial charge < -0.3 is 22.1 Å². The van der Waals surface area contributed by atoms with Crippen molar-refractivity contribution in [2.75, 3.05) is 17.6 Å². The Kier molecular flexibility index (Phi) is 6.00. The highest BCUT2D eigenvalue weighted by Crippen LogP contribution is 2.54. The van der Waals surface area contributed by atoms with Crippen LogP contribution in [-0.2, 0) is 14.6 Å². The summed E-state index contributed by atoms with van der Waals surface area (Å²) in [5.41, 5.74) is 13.2. The lowest BCUT2D eigenvalue weighted by molar-refractivity contribution is 0.578. The Labute approximate surface area is 197 Å². The highest BCUT2D eigenvalue weighted by atomic mass is 32.2. The Hall–Kier alpha value is -3.57. The largest absolute Gasteiger partial charge is 0.386 e. The molecule has 0 aliphatic heterocycles. The fourth-order valence-corrected chi connectivity index (χ4v) is 5.66. The second-order valence-electron chi connectivity index (χ2n) is 7.72. The molecule has 170 valence electrons. The third-order valence-corrected chi connectivity index (χ3v) is 8.11. The van der Waals surface area contributed by atoms with Crippen LogP contribution in [0.5, 0.6) is 0 Å². The van der Waals surface area contributed by atoms with Gasteiger partial charge in [-0.05, 0) is 61.5 Å². The molecule has 1 saturated carbocycles. The predicted octanol–water partition coefficient (Wildman–Crippen LogP) is 2.41. The molecule has 11 heteroatoms. The number of sulfone groups is 1. The molecule has 0 spiro atoms. The van der Waals surface area contributed by atoms with Gasteiger partial charge in [-0.1, -0.05) is 18.2 Å². The zero-order valence-electron chi connectivity index (χ0n) is 17.6. The summed E-state index contributed by atoms with van der Waals surface area (Å²) < 4.78 is 25.7. The molecule has 3 aromatic rings. The summed E-state index contributed by atoms with van der Waals surface area (Å²) in [6, 6.07) is 17.1. The summed E-state index contributed by atoms with van der Waals surface area (Å²) in [5.74, 6) is 0.538. The zero-order valence-corrected chi connectivity index (χ0v) is 19.2. The minimum absolute atomic E-state index is 0.0215. The van der Waals surface area contributed by atoms with Gasteiger partial charge in [0.05, 0.1) is 17.1 Å². The number of rotatable bonds is 7. The first-order chi connectivity index (χ1) is 15.7. The Bertz CT molecular complexity index is 1310. The molecule has 0 saturated heterocycles. The first kappa shape index (κ1) is 22.6. The maximum Gasteiger partial charge on any atom is 0.189 e. The minimum atomic E-state index is -3.63. The Morgan fingerprint density at radius 3 is 2.36 bits per heavy atom. The summed E-state index contributed by atoms with van der Waals surface area (Å²) >= 11 is 5.17. The molecule has 0 bridgehead atoms. The van der Waals surface area contributed by atoms with E-state index < -0.39 is 14.6 Å². The molecule has 1 heterocycles. The Balaban J connectivity index is 1.60. The number of aromatic nitrogens is 2. The number of nitrogens with zero attached hydrogens (tertiary/aromatic N) is 2. The number of thiocarbonyl (C=S) groups is 1. The molecular weight excluding hydrogens is 458 g/mol. The molecule has 1 aliphatic carbocycles. The molecule has 1 aliphatic rings. The normalized spacial score (nSPS) is 14.3. The summed E-state index contributed by atoms with van der Waals surface area (Å²) in [4.78, 5) is 9.19. The van der Waals surface area contributed by atoms with Crippen LogP contribution in [0.3, 0.4) is 0 Å². The first-order valence-electron chi connectivity index (χ1n) is 10.1. The van der Waals surface area contributed by atoms with E-state index in [1.807, 2.05) is 0 Å². The smallest absolute Gasteiger partial charge is 0.189 e. The van der Waals surface area contributed by atoms with E-state index in [1.54, 1.807) is 60.7 Å². The summed E-state index contributed by atoms with van der Waals surface area (Å²) in [6.45, 7) is 0.150. The van der Waals surface area contributed by atoms with E-state index >= 15 is 0 Å². The Morgan fingerprint density at radius 2 is 1.76 bits per heavy atom. The number of nitrogens with one attached hydrogen (secondary N) is 3. The summed E-state index contributed by atoms with van der Waals surface area (Å²) in [5, 5.41) is 13.4. The van der Waals surface area contributed by atoms with Crippen LogP contribution in [-0.4, -0.2) is 35.9 Å². The van der Waals surface area contributed by atoms with Gasteiger partial charge in [0, 0.05) is 17.3 Å². The van der Waals surface area contributed by atoms with Crippen molar-refractivity contribution in [2.45, 2.75) is 22.5 Å². The van der Waals surface area contributed by atoms with Crippen LogP contribution in [0, 0.1) is 5.41 Å². The molecule has 2 aromatic carbocycles. The number of nitrogen functional groups attached to an aromatic ring is 1. The van der Waals surface area contributed by atoms with E-state index in [0.717, 1.165) is 0 Å². The first-order valence-corrected chi connectivity index (χ1v) is 12.0. The third kappa shape index (κ3) is 4.64. The van der Waals surface area contributed by atoms with E-state index in [0.29, 0.717) is 40.7 Å². The molecule has 33 heavy (non-hydrogen) atoms. The van der Waals surface area contributed by atoms with Gasteiger partial charge in [-0.3, -0.25) is 5.41 Å². The lowest BCUT2D eigenvalue weighted by Gasteiger charge is -2.17. The molecule has 0 amide bonds. The number of anilines is 2. The van der Waals surface area contributed by atoms with Crippen molar-refractivity contribution in [3.63, 3.8) is 0 Å². The van der Waals surface area contributed by atoms with Gasteiger partial charge in [0.1, 0.15) is 16.4 Å². The summed E-state index contributed by atoms with van der Waals surface area (Å²) in [7, 11) is -3.63. The SMILES string of the molecule is N=C(N)CNC(=S)Nc1ccc(-c2nc(N)cc(C3(S(=O)(=O)c4ccccc4)CC3)n2)cc1. The predicted molar refractivity (Wildman–Crippen MR) is 133 cm³/mol. The van der Waals surface area contributed by atoms with E-state index in [-0.39, 0.29) is 23.1 Å². The van der Waals surface area contributed by atoms with E-state index in [1.165, 1.54) is 0 Å². The van der Waals surface area contributed by atoms with Crippen LogP contribution in [0.4, 0.5) is 11.5 Å². The van der Waals surface area contributed by atoms with Gasteiger partial charge in [0.15, 0.2) is 20.8 Å². The molecule has 9 nitrogen and oxygen atoms in total. The van der Waals surface area contributed by atoms with Crippen LogP contribution >= 0.6 is 12.2 Å². The number of amidine groups is 1. The fourth-order valence-electron chi connectivity index (χ4n) is 3.48. The van der Waals surface area contributed by atoms with Crippen LogP contribution < -0.4 is 22.1 Å². The molecule has 0 atom stereocenters. The van der Waals surface area contributed by atoms with Gasteiger partial charge in [-0.15, -0.1) is 0 Å². The highest BCUT2D eigenvalue weighted by molar-refractivity contribution is 7.92. The van der Waals surface area contributed by atoms with Crippen molar-refractivity contribution in [3.05, 3.63) is 66.4 Å². The monoisotopic (exact) mass is 481 g/mol. The van der Waals surface area contributed by atoms with E-state index in [9.17, 15) is 8.42 Å². The molecule has 0 radical (unpaired) electrons. The highest BCUT2D eigenvalue weighted by Gasteiger charge is 2.57. The minimum Gasteiger partial charge on any atom is -0.386 e. The van der Waals surface area contributed by atoms with E-state index in [4.69, 9.17) is 29.1 Å². The van der Waals surface area contributed by atoms with Crippen LogP contribution in [0.2, 0.25) is 0 Å². The number of nitrogens with two attached hydrogens (primary N) is 2. The Morgan fingerprint density at radius 1 is 1.09 bits per heavy atom. The van der Waals surface area contributed by atoms with Crippen LogP contribution in [0.15, 0.2) is 65.6 Å². The van der Waals surface area contributed by atoms with Gasteiger partial charge in [-0.2, -0.15) is 0 Å².